The molecule has 156 valence electrons. The molecule has 1 unspecified atom stereocenters. The van der Waals surface area contributed by atoms with Gasteiger partial charge in [-0.2, -0.15) is 0 Å². The molecule has 3 aromatic carbocycles. The molecule has 2 amide bonds. The van der Waals surface area contributed by atoms with Crippen molar-refractivity contribution in [2.45, 2.75) is 18.3 Å². The molecule has 31 heavy (non-hydrogen) atoms. The second-order valence-electron chi connectivity index (χ2n) is 7.76. The van der Waals surface area contributed by atoms with Gasteiger partial charge in [0, 0.05) is 17.3 Å². The fourth-order valence-corrected chi connectivity index (χ4v) is 5.70. The highest BCUT2D eigenvalue weighted by atomic mass is 32.2. The van der Waals surface area contributed by atoms with E-state index in [2.05, 4.69) is 0 Å². The lowest BCUT2D eigenvalue weighted by molar-refractivity contribution is -0.123. The Bertz CT molecular complexity index is 1180. The van der Waals surface area contributed by atoms with Gasteiger partial charge in [0.25, 0.3) is 5.91 Å². The zero-order valence-corrected chi connectivity index (χ0v) is 18.2. The minimum Gasteiger partial charge on any atom is -0.497 e. The van der Waals surface area contributed by atoms with Gasteiger partial charge in [-0.3, -0.25) is 14.5 Å². The number of ether oxygens (including phenoxy) is 1. The van der Waals surface area contributed by atoms with E-state index in [4.69, 9.17) is 4.74 Å². The van der Waals surface area contributed by atoms with Gasteiger partial charge in [-0.25, -0.2) is 0 Å². The predicted octanol–water partition coefficient (Wildman–Crippen LogP) is 4.48. The van der Waals surface area contributed by atoms with Crippen LogP contribution in [-0.4, -0.2) is 24.7 Å². The van der Waals surface area contributed by atoms with E-state index in [9.17, 15) is 9.59 Å². The number of methoxy groups -OCH3 is 1. The van der Waals surface area contributed by atoms with Crippen molar-refractivity contribution < 1.29 is 14.3 Å². The average Bonchev–Trinajstić information content (AvgIpc) is 3.26. The molecule has 0 bridgehead atoms. The van der Waals surface area contributed by atoms with Gasteiger partial charge in [0.05, 0.1) is 25.1 Å². The fourth-order valence-electron chi connectivity index (χ4n) is 4.34. The van der Waals surface area contributed by atoms with Crippen LogP contribution in [0.3, 0.4) is 0 Å². The molecular weight excluding hydrogens is 408 g/mol. The number of thioether (sulfide) groups is 1. The summed E-state index contributed by atoms with van der Waals surface area (Å²) >= 11 is 1.39. The number of para-hydroxylation sites is 1. The number of benzene rings is 3. The molecule has 0 saturated carbocycles. The average molecular weight is 431 g/mol. The first-order valence-corrected chi connectivity index (χ1v) is 11.1. The molecule has 1 saturated heterocycles. The van der Waals surface area contributed by atoms with E-state index in [0.29, 0.717) is 18.0 Å². The molecule has 1 fully saturated rings. The Labute approximate surface area is 185 Å². The Balaban J connectivity index is 1.63. The maximum atomic E-state index is 14.0. The van der Waals surface area contributed by atoms with Crippen LogP contribution in [0.2, 0.25) is 0 Å². The molecule has 5 nitrogen and oxygen atoms in total. The second kappa shape index (κ2) is 7.46. The SMILES string of the molecule is COc1cccc(N2C(=O)CSC23C(=O)N(Cc2ccc(C)cc2)c2ccccc23)c1. The van der Waals surface area contributed by atoms with Crippen LogP contribution in [0.15, 0.2) is 72.8 Å². The molecule has 0 N–H and O–H groups in total. The van der Waals surface area contributed by atoms with E-state index in [0.717, 1.165) is 16.8 Å². The highest BCUT2D eigenvalue weighted by Gasteiger charge is 2.60. The normalized spacial score (nSPS) is 19.9. The molecule has 2 aliphatic heterocycles. The van der Waals surface area contributed by atoms with Crippen LogP contribution < -0.4 is 14.5 Å². The van der Waals surface area contributed by atoms with E-state index in [1.165, 1.54) is 17.3 Å². The van der Waals surface area contributed by atoms with Crippen LogP contribution in [0.1, 0.15) is 16.7 Å². The van der Waals surface area contributed by atoms with E-state index < -0.39 is 4.87 Å². The van der Waals surface area contributed by atoms with Crippen molar-refractivity contribution in [2.24, 2.45) is 0 Å². The summed E-state index contributed by atoms with van der Waals surface area (Å²) in [5, 5.41) is 0. The summed E-state index contributed by atoms with van der Waals surface area (Å²) in [6.45, 7) is 2.50. The number of nitrogens with zero attached hydrogens (tertiary/aromatic N) is 2. The number of anilines is 2. The third-order valence-corrected chi connectivity index (χ3v) is 7.22. The van der Waals surface area contributed by atoms with Crippen LogP contribution in [0.4, 0.5) is 11.4 Å². The minimum atomic E-state index is -1.11. The predicted molar refractivity (Wildman–Crippen MR) is 123 cm³/mol. The molecule has 5 rings (SSSR count). The monoisotopic (exact) mass is 430 g/mol. The van der Waals surface area contributed by atoms with Crippen molar-refractivity contribution in [1.29, 1.82) is 0 Å². The van der Waals surface area contributed by atoms with E-state index >= 15 is 0 Å². The number of aryl methyl sites for hydroxylation is 1. The Hall–Kier alpha value is -3.25. The number of hydrogen-bond donors (Lipinski definition) is 0. The largest absolute Gasteiger partial charge is 0.497 e. The zero-order chi connectivity index (χ0) is 21.6. The van der Waals surface area contributed by atoms with Crippen molar-refractivity contribution in [2.75, 3.05) is 22.7 Å². The van der Waals surface area contributed by atoms with Crippen molar-refractivity contribution in [3.8, 4) is 5.75 Å². The molecule has 0 radical (unpaired) electrons. The summed E-state index contributed by atoms with van der Waals surface area (Å²) < 4.78 is 5.37. The minimum absolute atomic E-state index is 0.0846. The molecule has 2 aliphatic rings. The van der Waals surface area contributed by atoms with Gasteiger partial charge in [-0.05, 0) is 30.7 Å². The highest BCUT2D eigenvalue weighted by molar-refractivity contribution is 8.02. The van der Waals surface area contributed by atoms with E-state index in [1.54, 1.807) is 16.9 Å². The second-order valence-corrected chi connectivity index (χ2v) is 8.93. The lowest BCUT2D eigenvalue weighted by atomic mass is 10.0. The first kappa shape index (κ1) is 19.7. The first-order chi connectivity index (χ1) is 15.0. The summed E-state index contributed by atoms with van der Waals surface area (Å²) in [6.07, 6.45) is 0. The highest BCUT2D eigenvalue weighted by Crippen LogP contribution is 2.56. The van der Waals surface area contributed by atoms with Gasteiger partial charge in [0.2, 0.25) is 10.8 Å². The molecule has 2 heterocycles. The van der Waals surface area contributed by atoms with Gasteiger partial charge in [-0.1, -0.05) is 54.1 Å². The quantitative estimate of drug-likeness (QED) is 0.612. The molecule has 0 aromatic heterocycles. The van der Waals surface area contributed by atoms with E-state index in [-0.39, 0.29) is 17.6 Å². The molecular formula is C25H22N2O3S. The summed E-state index contributed by atoms with van der Waals surface area (Å²) in [5.74, 6) is 0.717. The van der Waals surface area contributed by atoms with Crippen molar-refractivity contribution in [1.82, 2.24) is 0 Å². The lowest BCUT2D eigenvalue weighted by Gasteiger charge is -2.33. The first-order valence-electron chi connectivity index (χ1n) is 10.1. The number of hydrogen-bond acceptors (Lipinski definition) is 4. The Morgan fingerprint density at radius 2 is 1.77 bits per heavy atom. The zero-order valence-electron chi connectivity index (χ0n) is 17.4. The van der Waals surface area contributed by atoms with Gasteiger partial charge >= 0.3 is 0 Å². The van der Waals surface area contributed by atoms with Crippen LogP contribution in [-0.2, 0) is 21.0 Å². The lowest BCUT2D eigenvalue weighted by Crippen LogP contribution is -2.49. The standard InChI is InChI=1S/C25H22N2O3S/c1-17-10-12-18(13-11-17)15-26-22-9-4-3-8-21(22)25(24(26)29)27(23(28)16-31-25)19-6-5-7-20(14-19)30-2/h3-14H,15-16H2,1-2H3. The topological polar surface area (TPSA) is 49.9 Å². The number of rotatable bonds is 4. The molecule has 6 heteroatoms. The molecule has 1 spiro atoms. The third kappa shape index (κ3) is 3.01. The van der Waals surface area contributed by atoms with Crippen LogP contribution >= 0.6 is 11.8 Å². The summed E-state index contributed by atoms with van der Waals surface area (Å²) in [6, 6.07) is 23.3. The van der Waals surface area contributed by atoms with Crippen LogP contribution in [0.5, 0.6) is 5.75 Å². The van der Waals surface area contributed by atoms with Gasteiger partial charge in [-0.15, -0.1) is 11.8 Å². The summed E-state index contributed by atoms with van der Waals surface area (Å²) in [4.78, 5) is 29.5. The third-order valence-electron chi connectivity index (χ3n) is 5.84. The van der Waals surface area contributed by atoms with Gasteiger partial charge in [0.15, 0.2) is 0 Å². The Morgan fingerprint density at radius 1 is 1.00 bits per heavy atom. The maximum Gasteiger partial charge on any atom is 0.269 e. The van der Waals surface area contributed by atoms with Crippen LogP contribution in [0.25, 0.3) is 0 Å². The fraction of sp³-hybridized carbons (Fsp3) is 0.200. The number of amides is 2. The van der Waals surface area contributed by atoms with Gasteiger partial charge < -0.3 is 9.64 Å². The summed E-state index contributed by atoms with van der Waals surface area (Å²) in [5.41, 5.74) is 4.59. The Morgan fingerprint density at radius 3 is 2.55 bits per heavy atom. The number of carbonyl (C=O) groups is 2. The molecule has 0 aliphatic carbocycles. The smallest absolute Gasteiger partial charge is 0.269 e. The molecule has 3 aromatic rings. The summed E-state index contributed by atoms with van der Waals surface area (Å²) in [7, 11) is 1.59. The van der Waals surface area contributed by atoms with E-state index in [1.807, 2.05) is 79.7 Å². The van der Waals surface area contributed by atoms with Crippen LogP contribution in [0, 0.1) is 6.92 Å². The van der Waals surface area contributed by atoms with Gasteiger partial charge in [0.1, 0.15) is 5.75 Å². The van der Waals surface area contributed by atoms with Crippen molar-refractivity contribution in [3.63, 3.8) is 0 Å². The number of fused-ring (bicyclic) bond motifs is 2. The Kier molecular flexibility index (Phi) is 4.74. The van der Waals surface area contributed by atoms with Crippen molar-refractivity contribution >= 4 is 35.0 Å². The van der Waals surface area contributed by atoms with Crippen molar-refractivity contribution in [3.05, 3.63) is 89.5 Å². The molecule has 1 atom stereocenters. The maximum absolute atomic E-state index is 14.0. The number of carbonyl (C=O) groups excluding carboxylic acids is 2.